The molecule has 1 unspecified atom stereocenters. The predicted octanol–water partition coefficient (Wildman–Crippen LogP) is 2.46. The van der Waals surface area contributed by atoms with Crippen LogP contribution in [-0.2, 0) is 20.7 Å². The number of anilines is 1. The summed E-state index contributed by atoms with van der Waals surface area (Å²) in [5, 5.41) is 11.8. The molecule has 0 saturated heterocycles. The molecule has 0 aliphatic heterocycles. The molecule has 0 heterocycles. The molecule has 0 radical (unpaired) electrons. The van der Waals surface area contributed by atoms with E-state index in [0.717, 1.165) is 24.8 Å². The number of aliphatic carboxylic acids is 1. The van der Waals surface area contributed by atoms with Gasteiger partial charge in [0.05, 0.1) is 5.92 Å². The first-order chi connectivity index (χ1) is 9.97. The van der Waals surface area contributed by atoms with E-state index in [9.17, 15) is 9.59 Å². The van der Waals surface area contributed by atoms with Crippen molar-refractivity contribution in [1.29, 1.82) is 0 Å². The van der Waals surface area contributed by atoms with Crippen LogP contribution in [0.2, 0.25) is 0 Å². The van der Waals surface area contributed by atoms with Crippen molar-refractivity contribution in [3.63, 3.8) is 0 Å². The molecule has 5 nitrogen and oxygen atoms in total. The first-order valence-electron chi connectivity index (χ1n) is 7.15. The van der Waals surface area contributed by atoms with Crippen LogP contribution in [0.25, 0.3) is 0 Å². The summed E-state index contributed by atoms with van der Waals surface area (Å²) in [7, 11) is 1.56. The summed E-state index contributed by atoms with van der Waals surface area (Å²) < 4.78 is 5.33. The molecular formula is C16H21NO4. The highest BCUT2D eigenvalue weighted by Gasteiger charge is 2.44. The van der Waals surface area contributed by atoms with Gasteiger partial charge < -0.3 is 15.2 Å². The van der Waals surface area contributed by atoms with Crippen LogP contribution >= 0.6 is 0 Å². The molecule has 1 aromatic rings. The Bertz CT molecular complexity index is 514. The fourth-order valence-corrected chi connectivity index (χ4v) is 2.43. The van der Waals surface area contributed by atoms with Gasteiger partial charge >= 0.3 is 5.97 Å². The Hall–Kier alpha value is -1.88. The van der Waals surface area contributed by atoms with Gasteiger partial charge in [-0.3, -0.25) is 9.59 Å². The maximum absolute atomic E-state index is 12.2. The first-order valence-corrected chi connectivity index (χ1v) is 7.15. The Morgan fingerprint density at radius 2 is 1.95 bits per heavy atom. The van der Waals surface area contributed by atoms with E-state index in [1.165, 1.54) is 0 Å². The van der Waals surface area contributed by atoms with Crippen molar-refractivity contribution < 1.29 is 19.4 Å². The van der Waals surface area contributed by atoms with Gasteiger partial charge in [-0.25, -0.2) is 0 Å². The molecule has 2 rings (SSSR count). The van der Waals surface area contributed by atoms with Crippen molar-refractivity contribution in [2.75, 3.05) is 12.4 Å². The molecule has 114 valence electrons. The van der Waals surface area contributed by atoms with Gasteiger partial charge in [0.25, 0.3) is 5.91 Å². The minimum Gasteiger partial charge on any atom is -0.481 e. The fraction of sp³-hybridized carbons (Fsp3) is 0.500. The molecule has 1 aliphatic rings. The van der Waals surface area contributed by atoms with Crippen LogP contribution in [0.15, 0.2) is 24.3 Å². The normalized spacial score (nSPS) is 17.6. The lowest BCUT2D eigenvalue weighted by Crippen LogP contribution is -2.50. The molecule has 21 heavy (non-hydrogen) atoms. The number of hydrogen-bond acceptors (Lipinski definition) is 3. The highest BCUT2D eigenvalue weighted by atomic mass is 16.5. The summed E-state index contributed by atoms with van der Waals surface area (Å²) in [5.74, 6) is -1.33. The largest absolute Gasteiger partial charge is 0.481 e. The van der Waals surface area contributed by atoms with E-state index in [-0.39, 0.29) is 5.91 Å². The number of carboxylic acid groups (broad SMARTS) is 1. The molecule has 5 heteroatoms. The van der Waals surface area contributed by atoms with Gasteiger partial charge in [-0.05, 0) is 43.4 Å². The number of benzene rings is 1. The summed E-state index contributed by atoms with van der Waals surface area (Å²) in [6.07, 6.45) is 2.99. The maximum atomic E-state index is 12.2. The van der Waals surface area contributed by atoms with Gasteiger partial charge in [0.2, 0.25) is 0 Å². The Balaban J connectivity index is 1.96. The zero-order valence-electron chi connectivity index (χ0n) is 12.4. The van der Waals surface area contributed by atoms with E-state index in [2.05, 4.69) is 5.32 Å². The van der Waals surface area contributed by atoms with E-state index in [4.69, 9.17) is 9.84 Å². The molecule has 0 bridgehead atoms. The van der Waals surface area contributed by atoms with Gasteiger partial charge in [-0.1, -0.05) is 19.1 Å². The van der Waals surface area contributed by atoms with Crippen LogP contribution < -0.4 is 5.32 Å². The van der Waals surface area contributed by atoms with Crippen LogP contribution in [0.3, 0.4) is 0 Å². The first kappa shape index (κ1) is 15.5. The van der Waals surface area contributed by atoms with Gasteiger partial charge in [0, 0.05) is 12.8 Å². The molecule has 1 amide bonds. The van der Waals surface area contributed by atoms with Crippen LogP contribution in [0.4, 0.5) is 5.69 Å². The molecule has 0 spiro atoms. The average Bonchev–Trinajstić information content (AvgIpc) is 2.40. The van der Waals surface area contributed by atoms with Gasteiger partial charge in [0.1, 0.15) is 5.60 Å². The molecule has 1 saturated carbocycles. The van der Waals surface area contributed by atoms with E-state index in [1.807, 2.05) is 12.1 Å². The summed E-state index contributed by atoms with van der Waals surface area (Å²) >= 11 is 0. The number of hydrogen-bond donors (Lipinski definition) is 2. The minimum atomic E-state index is -0.806. The summed E-state index contributed by atoms with van der Waals surface area (Å²) in [5.41, 5.74) is 0.972. The second kappa shape index (κ2) is 6.26. The van der Waals surface area contributed by atoms with Crippen molar-refractivity contribution in [3.05, 3.63) is 29.8 Å². The minimum absolute atomic E-state index is 0.108. The third kappa shape index (κ3) is 3.42. The predicted molar refractivity (Wildman–Crippen MR) is 79.2 cm³/mol. The fourth-order valence-electron chi connectivity index (χ4n) is 2.43. The van der Waals surface area contributed by atoms with Crippen molar-refractivity contribution in [1.82, 2.24) is 0 Å². The monoisotopic (exact) mass is 291 g/mol. The molecule has 1 fully saturated rings. The zero-order chi connectivity index (χ0) is 15.5. The SMILES string of the molecule is COC1(C(=O)Nc2ccc(CC(C)C(=O)O)cc2)CCC1. The number of carbonyl (C=O) groups excluding carboxylic acids is 1. The summed E-state index contributed by atoms with van der Waals surface area (Å²) in [4.78, 5) is 23.0. The number of ether oxygens (including phenoxy) is 1. The van der Waals surface area contributed by atoms with Crippen LogP contribution in [-0.4, -0.2) is 29.7 Å². The van der Waals surface area contributed by atoms with Crippen molar-refractivity contribution in [2.45, 2.75) is 38.2 Å². The third-order valence-corrected chi connectivity index (χ3v) is 4.14. The average molecular weight is 291 g/mol. The number of rotatable bonds is 6. The molecule has 1 atom stereocenters. The molecule has 1 aliphatic carbocycles. The quantitative estimate of drug-likeness (QED) is 0.844. The summed E-state index contributed by atoms with van der Waals surface area (Å²) in [6.45, 7) is 1.68. The molecular weight excluding hydrogens is 270 g/mol. The highest BCUT2D eigenvalue weighted by Crippen LogP contribution is 2.36. The second-order valence-electron chi connectivity index (χ2n) is 5.65. The standard InChI is InChI=1S/C16H21NO4/c1-11(14(18)19)10-12-4-6-13(7-5-12)17-15(20)16(21-2)8-3-9-16/h4-7,11H,3,8-10H2,1-2H3,(H,17,20)(H,18,19). The number of amides is 1. The van der Waals surface area contributed by atoms with Crippen LogP contribution in [0.5, 0.6) is 0 Å². The number of carbonyl (C=O) groups is 2. The van der Waals surface area contributed by atoms with E-state index in [1.54, 1.807) is 26.2 Å². The number of nitrogens with one attached hydrogen (secondary N) is 1. The Morgan fingerprint density at radius 1 is 1.33 bits per heavy atom. The van der Waals surface area contributed by atoms with Gasteiger partial charge in [-0.15, -0.1) is 0 Å². The second-order valence-corrected chi connectivity index (χ2v) is 5.65. The number of carboxylic acids is 1. The smallest absolute Gasteiger partial charge is 0.306 e. The van der Waals surface area contributed by atoms with Crippen molar-refractivity contribution in [3.8, 4) is 0 Å². The highest BCUT2D eigenvalue weighted by molar-refractivity contribution is 5.98. The van der Waals surface area contributed by atoms with Gasteiger partial charge in [0.15, 0.2) is 0 Å². The Labute approximate surface area is 124 Å². The van der Waals surface area contributed by atoms with Crippen LogP contribution in [0.1, 0.15) is 31.7 Å². The van der Waals surface area contributed by atoms with Crippen LogP contribution in [0, 0.1) is 5.92 Å². The topological polar surface area (TPSA) is 75.6 Å². The Kier molecular flexibility index (Phi) is 4.63. The Morgan fingerprint density at radius 3 is 2.38 bits per heavy atom. The van der Waals surface area contributed by atoms with Gasteiger partial charge in [-0.2, -0.15) is 0 Å². The lowest BCUT2D eigenvalue weighted by atomic mass is 9.79. The van der Waals surface area contributed by atoms with E-state index < -0.39 is 17.5 Å². The van der Waals surface area contributed by atoms with E-state index in [0.29, 0.717) is 12.1 Å². The lowest BCUT2D eigenvalue weighted by Gasteiger charge is -2.38. The molecule has 2 N–H and O–H groups in total. The van der Waals surface area contributed by atoms with Crippen molar-refractivity contribution in [2.24, 2.45) is 5.92 Å². The molecule has 1 aromatic carbocycles. The van der Waals surface area contributed by atoms with Crippen molar-refractivity contribution >= 4 is 17.6 Å². The maximum Gasteiger partial charge on any atom is 0.306 e. The number of methoxy groups -OCH3 is 1. The van der Waals surface area contributed by atoms with E-state index >= 15 is 0 Å². The molecule has 0 aromatic heterocycles. The zero-order valence-corrected chi connectivity index (χ0v) is 12.4. The third-order valence-electron chi connectivity index (χ3n) is 4.14. The lowest BCUT2D eigenvalue weighted by molar-refractivity contribution is -0.148. The summed E-state index contributed by atoms with van der Waals surface area (Å²) in [6, 6.07) is 7.28.